The lowest BCUT2D eigenvalue weighted by molar-refractivity contribution is -0.138. The van der Waals surface area contributed by atoms with E-state index < -0.39 is 36.5 Å². The van der Waals surface area contributed by atoms with Gasteiger partial charge in [0, 0.05) is 24.7 Å². The third kappa shape index (κ3) is 21.8. The van der Waals surface area contributed by atoms with Gasteiger partial charge >= 0.3 is 30.0 Å². The Hall–Kier alpha value is -3.83. The highest BCUT2D eigenvalue weighted by atomic mass is 16.4. The molecular weight excluding hydrogens is 460 g/mol. The van der Waals surface area contributed by atoms with Crippen LogP contribution in [0.5, 0.6) is 0 Å². The highest BCUT2D eigenvalue weighted by Crippen LogP contribution is 2.08. The van der Waals surface area contributed by atoms with Crippen molar-refractivity contribution in [1.82, 2.24) is 16.0 Å². The first kappa shape index (κ1) is 33.3. The molecule has 0 spiro atoms. The maximum Gasteiger partial charge on any atom is 0.323 e. The summed E-state index contributed by atoms with van der Waals surface area (Å²) >= 11 is 0. The fraction of sp³-hybridized carbons (Fsp3) is 0.522. The molecule has 0 saturated carbocycles. The number of hydrogen-bond donors (Lipinski definition) is 7. The molecule has 0 aromatic heterocycles. The summed E-state index contributed by atoms with van der Waals surface area (Å²) in [4.78, 5) is 54.1. The number of rotatable bonds is 12. The molecule has 4 amide bonds. The van der Waals surface area contributed by atoms with Gasteiger partial charge in [0.15, 0.2) is 0 Å². The fourth-order valence-corrected chi connectivity index (χ4v) is 2.36. The van der Waals surface area contributed by atoms with Crippen molar-refractivity contribution in [2.24, 2.45) is 0 Å². The number of carbonyl (C=O) groups excluding carboxylic acids is 2. The molecule has 0 saturated heterocycles. The Bertz CT molecular complexity index is 784. The predicted molar refractivity (Wildman–Crippen MR) is 132 cm³/mol. The van der Waals surface area contributed by atoms with Crippen LogP contribution < -0.4 is 21.3 Å². The van der Waals surface area contributed by atoms with E-state index in [1.54, 1.807) is 19.1 Å². The summed E-state index contributed by atoms with van der Waals surface area (Å²) in [5.41, 5.74) is 1.77. The van der Waals surface area contributed by atoms with Crippen LogP contribution in [0, 0.1) is 6.92 Å². The number of carboxylic acids is 3. The molecular formula is C23H38N4O8. The molecule has 0 aliphatic rings. The number of hydrogen-bond acceptors (Lipinski definition) is 5. The Morgan fingerprint density at radius 1 is 0.829 bits per heavy atom. The number of nitrogens with one attached hydrogen (secondary N) is 4. The number of aryl methyl sites for hydroxylation is 1. The average Bonchev–Trinajstić information content (AvgIpc) is 2.80. The minimum absolute atomic E-state index is 0.222. The van der Waals surface area contributed by atoms with Crippen LogP contribution in [0.2, 0.25) is 0 Å². The van der Waals surface area contributed by atoms with Crippen molar-refractivity contribution in [3.63, 3.8) is 0 Å². The zero-order valence-electron chi connectivity index (χ0n) is 20.7. The zero-order chi connectivity index (χ0) is 27.2. The standard InChI is InChI=1S/C18H26N4O6.C3H6O2.C2H6/c1-12-5-7-13(8-6-12)21-17(27)19-9-3-2-4-14(10-15(23)24)22-18(28)20-11-16(25)26;1-2-3(4)5;1-2/h5-8,14H,2-4,9-11H2,1H3,(H,23,24)(H,25,26)(H2,19,21,27)(H2,20,22,28);2H2,1H3,(H,4,5);1-2H3. The zero-order valence-corrected chi connectivity index (χ0v) is 20.7. The maximum absolute atomic E-state index is 11.8. The molecule has 1 unspecified atom stereocenters. The summed E-state index contributed by atoms with van der Waals surface area (Å²) in [6.45, 7) is 7.39. The minimum Gasteiger partial charge on any atom is -0.481 e. The van der Waals surface area contributed by atoms with Gasteiger partial charge in [-0.1, -0.05) is 38.5 Å². The Kier molecular flexibility index (Phi) is 19.8. The van der Waals surface area contributed by atoms with E-state index >= 15 is 0 Å². The summed E-state index contributed by atoms with van der Waals surface area (Å²) in [6, 6.07) is 5.67. The monoisotopic (exact) mass is 498 g/mol. The third-order valence-electron chi connectivity index (χ3n) is 4.03. The molecule has 35 heavy (non-hydrogen) atoms. The van der Waals surface area contributed by atoms with Gasteiger partial charge < -0.3 is 36.6 Å². The van der Waals surface area contributed by atoms with Gasteiger partial charge in [-0.05, 0) is 38.3 Å². The van der Waals surface area contributed by atoms with Gasteiger partial charge in [-0.25, -0.2) is 9.59 Å². The predicted octanol–water partition coefficient (Wildman–Crippen LogP) is 3.02. The number of carboxylic acid groups (broad SMARTS) is 3. The lowest BCUT2D eigenvalue weighted by Gasteiger charge is -2.17. The number of carbonyl (C=O) groups is 5. The Balaban J connectivity index is 0. The molecule has 12 heteroatoms. The van der Waals surface area contributed by atoms with E-state index in [0.29, 0.717) is 31.5 Å². The average molecular weight is 499 g/mol. The summed E-state index contributed by atoms with van der Waals surface area (Å²) in [7, 11) is 0. The van der Waals surface area contributed by atoms with Crippen LogP contribution in [0.3, 0.4) is 0 Å². The van der Waals surface area contributed by atoms with Crippen molar-refractivity contribution in [2.45, 2.75) is 65.8 Å². The molecule has 0 aliphatic carbocycles. The Labute approximate surface area is 205 Å². The first-order valence-corrected chi connectivity index (χ1v) is 11.3. The normalized spacial score (nSPS) is 10.2. The van der Waals surface area contributed by atoms with Gasteiger partial charge in [-0.3, -0.25) is 14.4 Å². The van der Waals surface area contributed by atoms with Crippen molar-refractivity contribution in [1.29, 1.82) is 0 Å². The molecule has 198 valence electrons. The number of aliphatic carboxylic acids is 3. The van der Waals surface area contributed by atoms with Crippen LogP contribution in [0.15, 0.2) is 24.3 Å². The molecule has 1 aromatic rings. The highest BCUT2D eigenvalue weighted by Gasteiger charge is 2.16. The van der Waals surface area contributed by atoms with Gasteiger partial charge in [0.05, 0.1) is 6.42 Å². The fourth-order valence-electron chi connectivity index (χ4n) is 2.36. The van der Waals surface area contributed by atoms with Crippen molar-refractivity contribution in [2.75, 3.05) is 18.4 Å². The first-order chi connectivity index (χ1) is 16.5. The Morgan fingerprint density at radius 2 is 1.40 bits per heavy atom. The summed E-state index contributed by atoms with van der Waals surface area (Å²) in [6.07, 6.45) is 1.49. The molecule has 0 bridgehead atoms. The van der Waals surface area contributed by atoms with Crippen molar-refractivity contribution < 1.29 is 39.3 Å². The van der Waals surface area contributed by atoms with Gasteiger partial charge in [0.25, 0.3) is 0 Å². The Morgan fingerprint density at radius 3 is 1.89 bits per heavy atom. The van der Waals surface area contributed by atoms with E-state index in [-0.39, 0.29) is 18.9 Å². The molecule has 1 aromatic carbocycles. The molecule has 12 nitrogen and oxygen atoms in total. The molecule has 1 atom stereocenters. The number of anilines is 1. The van der Waals surface area contributed by atoms with E-state index in [1.165, 1.54) is 0 Å². The SMILES string of the molecule is CC.CCC(=O)O.Cc1ccc(NC(=O)NCCCCC(CC(=O)O)NC(=O)NCC(=O)O)cc1. The van der Waals surface area contributed by atoms with Crippen LogP contribution >= 0.6 is 0 Å². The van der Waals surface area contributed by atoms with Gasteiger partial charge in [0.2, 0.25) is 0 Å². The van der Waals surface area contributed by atoms with E-state index in [1.807, 2.05) is 32.9 Å². The van der Waals surface area contributed by atoms with E-state index in [4.69, 9.17) is 15.3 Å². The van der Waals surface area contributed by atoms with Crippen LogP contribution in [0.4, 0.5) is 15.3 Å². The topological polar surface area (TPSA) is 194 Å². The third-order valence-corrected chi connectivity index (χ3v) is 4.03. The summed E-state index contributed by atoms with van der Waals surface area (Å²) in [5.74, 6) is -3.01. The quantitative estimate of drug-likeness (QED) is 0.214. The van der Waals surface area contributed by atoms with E-state index in [2.05, 4.69) is 21.3 Å². The summed E-state index contributed by atoms with van der Waals surface area (Å²) < 4.78 is 0. The number of unbranched alkanes of at least 4 members (excludes halogenated alkanes) is 1. The molecule has 7 N–H and O–H groups in total. The molecule has 0 aliphatic heterocycles. The van der Waals surface area contributed by atoms with E-state index in [0.717, 1.165) is 5.56 Å². The van der Waals surface area contributed by atoms with Crippen LogP contribution in [-0.2, 0) is 14.4 Å². The highest BCUT2D eigenvalue weighted by molar-refractivity contribution is 5.89. The lowest BCUT2D eigenvalue weighted by Crippen LogP contribution is -2.44. The first-order valence-electron chi connectivity index (χ1n) is 11.3. The molecule has 0 radical (unpaired) electrons. The van der Waals surface area contributed by atoms with Crippen LogP contribution in [0.25, 0.3) is 0 Å². The largest absolute Gasteiger partial charge is 0.481 e. The van der Waals surface area contributed by atoms with Crippen molar-refractivity contribution >= 4 is 35.7 Å². The van der Waals surface area contributed by atoms with Crippen molar-refractivity contribution in [3.05, 3.63) is 29.8 Å². The smallest absolute Gasteiger partial charge is 0.323 e. The number of benzene rings is 1. The second-order valence-electron chi connectivity index (χ2n) is 7.01. The number of amides is 4. The summed E-state index contributed by atoms with van der Waals surface area (Å²) in [5, 5.41) is 35.1. The van der Waals surface area contributed by atoms with Gasteiger partial charge in [-0.15, -0.1) is 0 Å². The van der Waals surface area contributed by atoms with Crippen LogP contribution in [0.1, 0.15) is 58.4 Å². The number of urea groups is 2. The lowest BCUT2D eigenvalue weighted by atomic mass is 10.1. The van der Waals surface area contributed by atoms with Crippen molar-refractivity contribution in [3.8, 4) is 0 Å². The second kappa shape index (κ2) is 20.8. The molecule has 0 heterocycles. The molecule has 0 fully saturated rings. The van der Waals surface area contributed by atoms with Gasteiger partial charge in [-0.2, -0.15) is 0 Å². The second-order valence-corrected chi connectivity index (χ2v) is 7.01. The maximum atomic E-state index is 11.8. The van der Waals surface area contributed by atoms with Gasteiger partial charge in [0.1, 0.15) is 6.54 Å². The molecule has 1 rings (SSSR count). The minimum atomic E-state index is -1.19. The van der Waals surface area contributed by atoms with Crippen LogP contribution in [-0.4, -0.2) is 64.4 Å². The van der Waals surface area contributed by atoms with E-state index in [9.17, 15) is 24.0 Å².